The summed E-state index contributed by atoms with van der Waals surface area (Å²) in [4.78, 5) is 18.2. The molecule has 0 aliphatic carbocycles. The Bertz CT molecular complexity index is 771. The maximum atomic E-state index is 13.3. The van der Waals surface area contributed by atoms with Crippen LogP contribution in [0.15, 0.2) is 29.9 Å². The van der Waals surface area contributed by atoms with E-state index in [4.69, 9.17) is 0 Å². The number of aromatic nitrogens is 4. The molecule has 1 N–H and O–H groups in total. The van der Waals surface area contributed by atoms with Crippen molar-refractivity contribution in [2.75, 3.05) is 0 Å². The highest BCUT2D eigenvalue weighted by Gasteiger charge is 2.16. The summed E-state index contributed by atoms with van der Waals surface area (Å²) in [7, 11) is 0. The van der Waals surface area contributed by atoms with E-state index in [1.54, 1.807) is 5.38 Å². The lowest BCUT2D eigenvalue weighted by Gasteiger charge is -1.98. The predicted molar refractivity (Wildman–Crippen MR) is 69.5 cm³/mol. The van der Waals surface area contributed by atoms with Crippen LogP contribution >= 0.6 is 11.3 Å². The second-order valence-corrected chi connectivity index (χ2v) is 4.65. The molecule has 2 aromatic heterocycles. The van der Waals surface area contributed by atoms with Crippen molar-refractivity contribution < 1.29 is 9.31 Å². The minimum Gasteiger partial charge on any atom is -0.258 e. The molecule has 0 spiro atoms. The van der Waals surface area contributed by atoms with Crippen molar-refractivity contribution >= 4 is 17.0 Å². The number of thiazole rings is 1. The minimum absolute atomic E-state index is 0.472. The summed E-state index contributed by atoms with van der Waals surface area (Å²) in [6.07, 6.45) is 1.36. The number of nitrogens with zero attached hydrogens (tertiary/aromatic N) is 4. The number of aromatic amines is 1. The maximum absolute atomic E-state index is 13.3. The molecule has 0 radical (unpaired) electrons. The van der Waals surface area contributed by atoms with Gasteiger partial charge in [0.15, 0.2) is 10.8 Å². The first-order valence-electron chi connectivity index (χ1n) is 5.41. The Morgan fingerprint density at radius 1 is 1.40 bits per heavy atom. The van der Waals surface area contributed by atoms with Crippen molar-refractivity contribution in [3.05, 3.63) is 45.8 Å². The molecule has 0 amide bonds. The van der Waals surface area contributed by atoms with E-state index in [2.05, 4.69) is 20.2 Å². The number of H-pyrrole nitrogens is 1. The van der Waals surface area contributed by atoms with E-state index in [1.807, 2.05) is 0 Å². The number of nitrogens with one attached hydrogen (secondary N) is 1. The molecule has 100 valence electrons. The third-order valence-electron chi connectivity index (χ3n) is 2.56. The van der Waals surface area contributed by atoms with Crippen molar-refractivity contribution in [1.82, 2.24) is 20.2 Å². The number of hydrogen-bond acceptors (Lipinski definition) is 6. The molecule has 9 heteroatoms. The van der Waals surface area contributed by atoms with Crippen LogP contribution in [0.2, 0.25) is 0 Å². The zero-order valence-corrected chi connectivity index (χ0v) is 10.6. The van der Waals surface area contributed by atoms with Crippen LogP contribution in [0.3, 0.4) is 0 Å². The Morgan fingerprint density at radius 3 is 2.95 bits per heavy atom. The van der Waals surface area contributed by atoms with Gasteiger partial charge in [0, 0.05) is 17.0 Å². The third-order valence-corrected chi connectivity index (χ3v) is 3.41. The molecular formula is C11H6FN5O2S. The molecule has 3 rings (SSSR count). The van der Waals surface area contributed by atoms with E-state index in [1.165, 1.54) is 23.7 Å². The first-order chi connectivity index (χ1) is 9.65. The number of rotatable bonds is 3. The van der Waals surface area contributed by atoms with Gasteiger partial charge in [-0.2, -0.15) is 9.49 Å². The molecule has 0 aliphatic heterocycles. The Kier molecular flexibility index (Phi) is 2.95. The molecule has 0 saturated carbocycles. The van der Waals surface area contributed by atoms with E-state index in [-0.39, 0.29) is 0 Å². The van der Waals surface area contributed by atoms with Crippen LogP contribution in [-0.2, 0) is 0 Å². The van der Waals surface area contributed by atoms with Gasteiger partial charge in [-0.3, -0.25) is 15.2 Å². The van der Waals surface area contributed by atoms with Crippen molar-refractivity contribution in [3.63, 3.8) is 0 Å². The highest BCUT2D eigenvalue weighted by molar-refractivity contribution is 7.13. The van der Waals surface area contributed by atoms with Gasteiger partial charge < -0.3 is 0 Å². The molecule has 0 atom stereocenters. The van der Waals surface area contributed by atoms with Crippen LogP contribution in [0.4, 0.5) is 10.1 Å². The normalized spacial score (nSPS) is 10.7. The highest BCUT2D eigenvalue weighted by atomic mass is 32.1. The minimum atomic E-state index is -0.871. The Balaban J connectivity index is 2.02. The molecule has 2 heterocycles. The maximum Gasteiger partial charge on any atom is 0.305 e. The van der Waals surface area contributed by atoms with E-state index >= 15 is 0 Å². The fraction of sp³-hybridized carbons (Fsp3) is 0. The summed E-state index contributed by atoms with van der Waals surface area (Å²) in [6, 6.07) is 3.66. The molecule has 3 aromatic rings. The Labute approximate surface area is 115 Å². The summed E-state index contributed by atoms with van der Waals surface area (Å²) in [5.41, 5.74) is 0.418. The number of benzene rings is 1. The van der Waals surface area contributed by atoms with Gasteiger partial charge in [0.2, 0.25) is 5.82 Å². The highest BCUT2D eigenvalue weighted by Crippen LogP contribution is 2.29. The van der Waals surface area contributed by atoms with Gasteiger partial charge in [-0.05, 0) is 12.1 Å². The number of nitro groups is 1. The van der Waals surface area contributed by atoms with Gasteiger partial charge in [0.25, 0.3) is 0 Å². The van der Waals surface area contributed by atoms with Gasteiger partial charge in [0.05, 0.1) is 10.6 Å². The molecule has 0 fully saturated rings. The Hall–Kier alpha value is -2.68. The van der Waals surface area contributed by atoms with Crippen molar-refractivity contribution in [3.8, 4) is 22.1 Å². The van der Waals surface area contributed by atoms with Crippen LogP contribution in [0.5, 0.6) is 0 Å². The standard InChI is InChI=1S/C11H6FN5O2S/c12-7-2-1-6(3-9(7)17(18)19)8-4-20-11(15-8)10-13-5-14-16-10/h1-5H,(H,13,14,16). The van der Waals surface area contributed by atoms with E-state index < -0.39 is 16.4 Å². The Morgan fingerprint density at radius 2 is 2.25 bits per heavy atom. The summed E-state index contributed by atoms with van der Waals surface area (Å²) in [5.74, 6) is -0.359. The van der Waals surface area contributed by atoms with Gasteiger partial charge in [0.1, 0.15) is 6.33 Å². The topological polar surface area (TPSA) is 97.6 Å². The molecular weight excluding hydrogens is 285 g/mol. The molecule has 0 unspecified atom stereocenters. The van der Waals surface area contributed by atoms with E-state index in [0.717, 1.165) is 12.1 Å². The smallest absolute Gasteiger partial charge is 0.258 e. The van der Waals surface area contributed by atoms with Gasteiger partial charge in [-0.15, -0.1) is 11.3 Å². The molecule has 0 saturated heterocycles. The van der Waals surface area contributed by atoms with Crippen LogP contribution < -0.4 is 0 Å². The SMILES string of the molecule is O=[N+]([O-])c1cc(-c2csc(-c3ncn[nH]3)n2)ccc1F. The lowest BCUT2D eigenvalue weighted by molar-refractivity contribution is -0.387. The number of halogens is 1. The van der Waals surface area contributed by atoms with Crippen molar-refractivity contribution in [2.24, 2.45) is 0 Å². The first kappa shape index (κ1) is 12.4. The third kappa shape index (κ3) is 2.14. The average molecular weight is 291 g/mol. The molecule has 20 heavy (non-hydrogen) atoms. The van der Waals surface area contributed by atoms with Gasteiger partial charge in [-0.25, -0.2) is 9.97 Å². The predicted octanol–water partition coefficient (Wildman–Crippen LogP) is 2.64. The molecule has 1 aromatic carbocycles. The zero-order chi connectivity index (χ0) is 14.1. The quantitative estimate of drug-likeness (QED) is 0.591. The van der Waals surface area contributed by atoms with Gasteiger partial charge in [-0.1, -0.05) is 0 Å². The molecule has 7 nitrogen and oxygen atoms in total. The van der Waals surface area contributed by atoms with Crippen molar-refractivity contribution in [1.29, 1.82) is 0 Å². The second kappa shape index (κ2) is 4.78. The summed E-state index contributed by atoms with van der Waals surface area (Å²) in [5, 5.41) is 19.4. The van der Waals surface area contributed by atoms with Crippen LogP contribution in [-0.4, -0.2) is 25.1 Å². The summed E-state index contributed by atoms with van der Waals surface area (Å²) < 4.78 is 13.3. The average Bonchev–Trinajstić information content (AvgIpc) is 3.09. The molecule has 0 aliphatic rings. The van der Waals surface area contributed by atoms with Crippen molar-refractivity contribution in [2.45, 2.75) is 0 Å². The van der Waals surface area contributed by atoms with E-state index in [9.17, 15) is 14.5 Å². The fourth-order valence-electron chi connectivity index (χ4n) is 1.64. The van der Waals surface area contributed by atoms with Crippen LogP contribution in [0, 0.1) is 15.9 Å². The number of hydrogen-bond donors (Lipinski definition) is 1. The van der Waals surface area contributed by atoms with E-state index in [0.29, 0.717) is 22.1 Å². The van der Waals surface area contributed by atoms with Crippen LogP contribution in [0.25, 0.3) is 22.1 Å². The monoisotopic (exact) mass is 291 g/mol. The lowest BCUT2D eigenvalue weighted by atomic mass is 10.1. The second-order valence-electron chi connectivity index (χ2n) is 3.80. The van der Waals surface area contributed by atoms with Crippen LogP contribution in [0.1, 0.15) is 0 Å². The summed E-state index contributed by atoms with van der Waals surface area (Å²) >= 11 is 1.31. The first-order valence-corrected chi connectivity index (χ1v) is 6.28. The largest absolute Gasteiger partial charge is 0.305 e. The summed E-state index contributed by atoms with van der Waals surface area (Å²) in [6.45, 7) is 0. The van der Waals surface area contributed by atoms with Gasteiger partial charge >= 0.3 is 5.69 Å². The molecule has 0 bridgehead atoms. The fourth-order valence-corrected chi connectivity index (χ4v) is 2.41. The lowest BCUT2D eigenvalue weighted by Crippen LogP contribution is -1.93. The zero-order valence-electron chi connectivity index (χ0n) is 9.78. The number of nitro benzene ring substituents is 1.